The molecule has 0 bridgehead atoms. The van der Waals surface area contributed by atoms with Crippen LogP contribution < -0.4 is 0 Å². The Morgan fingerprint density at radius 2 is 1.77 bits per heavy atom. The minimum atomic E-state index is 0.503. The minimum absolute atomic E-state index is 0.503. The number of halogens is 2. The lowest BCUT2D eigenvalue weighted by Crippen LogP contribution is -1.92. The Kier molecular flexibility index (Phi) is 3.10. The van der Waals surface area contributed by atoms with Gasteiger partial charge in [-0.25, -0.2) is 4.98 Å². The van der Waals surface area contributed by atoms with Crippen molar-refractivity contribution in [2.75, 3.05) is 0 Å². The van der Waals surface area contributed by atoms with Crippen molar-refractivity contribution in [2.45, 2.75) is 0 Å². The molecule has 2 aromatic carbocycles. The standard InChI is InChI=1S/C15H8Cl2N4O/c16-10-2-4-14-12(6-10)20-15(22-14)9-1-3-11(17)13(5-9)21-7-18-19-8-21/h1-8H. The summed E-state index contributed by atoms with van der Waals surface area (Å²) in [6.45, 7) is 0. The zero-order valence-electron chi connectivity index (χ0n) is 11.1. The third kappa shape index (κ3) is 2.24. The molecule has 0 radical (unpaired) electrons. The van der Waals surface area contributed by atoms with Crippen LogP contribution in [0.2, 0.25) is 10.0 Å². The Hall–Kier alpha value is -2.37. The number of fused-ring (bicyclic) bond motifs is 1. The molecule has 0 fully saturated rings. The smallest absolute Gasteiger partial charge is 0.227 e. The van der Waals surface area contributed by atoms with Gasteiger partial charge in [0.1, 0.15) is 18.2 Å². The summed E-state index contributed by atoms with van der Waals surface area (Å²) in [4.78, 5) is 4.46. The number of oxazole rings is 1. The molecule has 2 aromatic heterocycles. The van der Waals surface area contributed by atoms with E-state index in [1.807, 2.05) is 12.1 Å². The first-order valence-corrected chi connectivity index (χ1v) is 7.17. The molecule has 0 N–H and O–H groups in total. The summed E-state index contributed by atoms with van der Waals surface area (Å²) in [7, 11) is 0. The third-order valence-corrected chi connectivity index (χ3v) is 3.79. The highest BCUT2D eigenvalue weighted by atomic mass is 35.5. The summed E-state index contributed by atoms with van der Waals surface area (Å²) < 4.78 is 7.50. The fraction of sp³-hybridized carbons (Fsp3) is 0. The first kappa shape index (κ1) is 13.3. The van der Waals surface area contributed by atoms with Gasteiger partial charge in [-0.3, -0.25) is 4.57 Å². The van der Waals surface area contributed by atoms with Crippen molar-refractivity contribution in [3.05, 3.63) is 59.1 Å². The molecule has 0 saturated carbocycles. The van der Waals surface area contributed by atoms with E-state index < -0.39 is 0 Å². The molecule has 108 valence electrons. The van der Waals surface area contributed by atoms with E-state index in [-0.39, 0.29) is 0 Å². The minimum Gasteiger partial charge on any atom is -0.436 e. The summed E-state index contributed by atoms with van der Waals surface area (Å²) in [5, 5.41) is 8.78. The van der Waals surface area contributed by atoms with Crippen molar-refractivity contribution in [2.24, 2.45) is 0 Å². The van der Waals surface area contributed by atoms with Crippen LogP contribution in [0.3, 0.4) is 0 Å². The lowest BCUT2D eigenvalue weighted by molar-refractivity contribution is 0.620. The third-order valence-electron chi connectivity index (χ3n) is 3.24. The highest BCUT2D eigenvalue weighted by Gasteiger charge is 2.12. The molecule has 5 nitrogen and oxygen atoms in total. The predicted octanol–water partition coefficient (Wildman–Crippen LogP) is 4.38. The fourth-order valence-corrected chi connectivity index (χ4v) is 2.57. The molecular weight excluding hydrogens is 323 g/mol. The zero-order valence-corrected chi connectivity index (χ0v) is 12.6. The molecule has 0 aliphatic heterocycles. The Labute approximate surface area is 135 Å². The normalized spacial score (nSPS) is 11.2. The van der Waals surface area contributed by atoms with Crippen LogP contribution in [0, 0.1) is 0 Å². The van der Waals surface area contributed by atoms with E-state index in [1.165, 1.54) is 0 Å². The van der Waals surface area contributed by atoms with Crippen LogP contribution in [-0.4, -0.2) is 19.7 Å². The number of rotatable bonds is 2. The second-order valence-corrected chi connectivity index (χ2v) is 5.51. The molecule has 2 heterocycles. The van der Waals surface area contributed by atoms with Crippen LogP contribution in [0.4, 0.5) is 0 Å². The van der Waals surface area contributed by atoms with Crippen LogP contribution in [0.1, 0.15) is 0 Å². The van der Waals surface area contributed by atoms with Crippen molar-refractivity contribution in [3.63, 3.8) is 0 Å². The van der Waals surface area contributed by atoms with E-state index in [9.17, 15) is 0 Å². The highest BCUT2D eigenvalue weighted by Crippen LogP contribution is 2.30. The second-order valence-electron chi connectivity index (χ2n) is 4.67. The summed E-state index contributed by atoms with van der Waals surface area (Å²) in [5.74, 6) is 0.503. The van der Waals surface area contributed by atoms with Crippen LogP contribution in [0.15, 0.2) is 53.5 Å². The molecule has 0 unspecified atom stereocenters. The number of aromatic nitrogens is 4. The zero-order chi connectivity index (χ0) is 15.1. The van der Waals surface area contributed by atoms with Gasteiger partial charge in [0, 0.05) is 10.6 Å². The first-order chi connectivity index (χ1) is 10.7. The Morgan fingerprint density at radius 1 is 0.955 bits per heavy atom. The molecule has 0 aliphatic carbocycles. The van der Waals surface area contributed by atoms with E-state index in [4.69, 9.17) is 27.6 Å². The molecule has 22 heavy (non-hydrogen) atoms. The van der Waals surface area contributed by atoms with Gasteiger partial charge >= 0.3 is 0 Å². The largest absolute Gasteiger partial charge is 0.436 e. The Bertz CT molecular complexity index is 963. The van der Waals surface area contributed by atoms with Gasteiger partial charge in [-0.1, -0.05) is 23.2 Å². The molecule has 0 aliphatic rings. The Morgan fingerprint density at radius 3 is 2.59 bits per heavy atom. The predicted molar refractivity (Wildman–Crippen MR) is 84.4 cm³/mol. The first-order valence-electron chi connectivity index (χ1n) is 6.42. The van der Waals surface area contributed by atoms with Gasteiger partial charge in [-0.2, -0.15) is 0 Å². The Balaban J connectivity index is 1.86. The summed E-state index contributed by atoms with van der Waals surface area (Å²) in [6, 6.07) is 10.8. The fourth-order valence-electron chi connectivity index (χ4n) is 2.19. The number of benzene rings is 2. The molecule has 0 amide bonds. The molecule has 7 heteroatoms. The van der Waals surface area contributed by atoms with E-state index in [1.54, 1.807) is 41.5 Å². The van der Waals surface area contributed by atoms with E-state index in [0.717, 1.165) is 11.3 Å². The quantitative estimate of drug-likeness (QED) is 0.547. The van der Waals surface area contributed by atoms with Gasteiger partial charge in [0.15, 0.2) is 5.58 Å². The molecule has 0 spiro atoms. The SMILES string of the molecule is Clc1ccc2oc(-c3ccc(Cl)c(-n4cnnc4)c3)nc2c1. The lowest BCUT2D eigenvalue weighted by Gasteiger charge is -2.05. The van der Waals surface area contributed by atoms with Crippen LogP contribution in [0.5, 0.6) is 0 Å². The topological polar surface area (TPSA) is 56.7 Å². The lowest BCUT2D eigenvalue weighted by atomic mass is 10.2. The summed E-state index contributed by atoms with van der Waals surface area (Å²) in [6.07, 6.45) is 3.16. The van der Waals surface area contributed by atoms with Gasteiger partial charge in [0.2, 0.25) is 5.89 Å². The van der Waals surface area contributed by atoms with Crippen molar-refractivity contribution in [3.8, 4) is 17.1 Å². The monoisotopic (exact) mass is 330 g/mol. The van der Waals surface area contributed by atoms with Crippen LogP contribution in [0.25, 0.3) is 28.2 Å². The maximum atomic E-state index is 6.23. The second kappa shape index (κ2) is 5.12. The van der Waals surface area contributed by atoms with Gasteiger partial charge < -0.3 is 4.42 Å². The van der Waals surface area contributed by atoms with Gasteiger partial charge in [-0.05, 0) is 36.4 Å². The van der Waals surface area contributed by atoms with E-state index in [2.05, 4.69) is 15.2 Å². The maximum absolute atomic E-state index is 6.23. The van der Waals surface area contributed by atoms with Crippen molar-refractivity contribution in [1.82, 2.24) is 19.7 Å². The van der Waals surface area contributed by atoms with Crippen LogP contribution in [-0.2, 0) is 0 Å². The average Bonchev–Trinajstić information content (AvgIpc) is 3.16. The maximum Gasteiger partial charge on any atom is 0.227 e. The van der Waals surface area contributed by atoms with Crippen LogP contribution >= 0.6 is 23.2 Å². The average molecular weight is 331 g/mol. The number of hydrogen-bond acceptors (Lipinski definition) is 4. The van der Waals surface area contributed by atoms with Crippen molar-refractivity contribution in [1.29, 1.82) is 0 Å². The molecular formula is C15H8Cl2N4O. The molecule has 4 aromatic rings. The van der Waals surface area contributed by atoms with Gasteiger partial charge in [0.05, 0.1) is 10.7 Å². The summed E-state index contributed by atoms with van der Waals surface area (Å²) in [5.41, 5.74) is 2.95. The number of hydrogen-bond donors (Lipinski definition) is 0. The summed E-state index contributed by atoms with van der Waals surface area (Å²) >= 11 is 12.2. The van der Waals surface area contributed by atoms with Crippen molar-refractivity contribution >= 4 is 34.3 Å². The van der Waals surface area contributed by atoms with E-state index >= 15 is 0 Å². The molecule has 0 atom stereocenters. The van der Waals surface area contributed by atoms with Crippen molar-refractivity contribution < 1.29 is 4.42 Å². The van der Waals surface area contributed by atoms with E-state index in [0.29, 0.717) is 27.0 Å². The number of nitrogens with zero attached hydrogens (tertiary/aromatic N) is 4. The molecule has 0 saturated heterocycles. The molecule has 4 rings (SSSR count). The van der Waals surface area contributed by atoms with Gasteiger partial charge in [-0.15, -0.1) is 10.2 Å². The van der Waals surface area contributed by atoms with Gasteiger partial charge in [0.25, 0.3) is 0 Å². The highest BCUT2D eigenvalue weighted by molar-refractivity contribution is 6.32.